The molecule has 0 aliphatic heterocycles. The molecular formula is C30H27N3O12S3. The molecule has 0 aliphatic rings. The first kappa shape index (κ1) is 35.5. The van der Waals surface area contributed by atoms with Gasteiger partial charge in [0, 0.05) is 51.4 Å². The van der Waals surface area contributed by atoms with Gasteiger partial charge in [0.25, 0.3) is 30.4 Å². The number of rotatable bonds is 3. The van der Waals surface area contributed by atoms with Crippen LogP contribution in [0.25, 0.3) is 32.3 Å². The van der Waals surface area contributed by atoms with E-state index in [0.29, 0.717) is 49.4 Å². The number of aromatic hydroxyl groups is 3. The molecule has 0 aromatic heterocycles. The highest BCUT2D eigenvalue weighted by molar-refractivity contribution is 7.86. The number of hydrogen-bond acceptors (Lipinski definition) is 12. The number of phenolic OH excluding ortho intramolecular Hbond substituents is 3. The highest BCUT2D eigenvalue weighted by Crippen LogP contribution is 2.32. The second kappa shape index (κ2) is 13.0. The third-order valence-corrected chi connectivity index (χ3v) is 9.18. The molecule has 18 heteroatoms. The topological polar surface area (TPSA) is 302 Å². The van der Waals surface area contributed by atoms with Gasteiger partial charge in [0.1, 0.15) is 17.2 Å². The molecule has 0 radical (unpaired) electrons. The summed E-state index contributed by atoms with van der Waals surface area (Å²) in [5, 5.41) is 31.6. The van der Waals surface area contributed by atoms with Crippen molar-refractivity contribution < 1.29 is 54.2 Å². The molecule has 6 aromatic rings. The molecule has 0 saturated heterocycles. The number of nitrogen functional groups attached to an aromatic ring is 3. The van der Waals surface area contributed by atoms with Crippen molar-refractivity contribution in [1.29, 1.82) is 0 Å². The second-order valence-corrected chi connectivity index (χ2v) is 14.5. The lowest BCUT2D eigenvalue weighted by molar-refractivity contribution is 0.470. The van der Waals surface area contributed by atoms with E-state index in [9.17, 15) is 40.6 Å². The highest BCUT2D eigenvalue weighted by atomic mass is 32.2. The van der Waals surface area contributed by atoms with Crippen LogP contribution < -0.4 is 17.2 Å². The Morgan fingerprint density at radius 3 is 0.812 bits per heavy atom. The molecule has 0 spiro atoms. The van der Waals surface area contributed by atoms with Crippen molar-refractivity contribution in [2.45, 2.75) is 14.7 Å². The molecule has 252 valence electrons. The van der Waals surface area contributed by atoms with Gasteiger partial charge in [0.15, 0.2) is 0 Å². The maximum absolute atomic E-state index is 10.9. The Morgan fingerprint density at radius 2 is 0.604 bits per heavy atom. The van der Waals surface area contributed by atoms with Gasteiger partial charge in [-0.2, -0.15) is 25.3 Å². The van der Waals surface area contributed by atoms with Gasteiger partial charge in [0.2, 0.25) is 0 Å². The predicted octanol–water partition coefficient (Wildman–Crippen LogP) is 4.12. The van der Waals surface area contributed by atoms with Gasteiger partial charge in [-0.1, -0.05) is 18.2 Å². The zero-order valence-corrected chi connectivity index (χ0v) is 26.7. The zero-order valence-electron chi connectivity index (χ0n) is 24.2. The molecule has 6 aromatic carbocycles. The largest absolute Gasteiger partial charge is 0.507 e. The summed E-state index contributed by atoms with van der Waals surface area (Å²) in [5.41, 5.74) is 18.0. The Bertz CT molecular complexity index is 2270. The fourth-order valence-electron chi connectivity index (χ4n) is 4.43. The molecule has 0 fully saturated rings. The van der Waals surface area contributed by atoms with Crippen LogP contribution in [0.2, 0.25) is 0 Å². The second-order valence-electron chi connectivity index (χ2n) is 10.2. The Labute approximate surface area is 273 Å². The lowest BCUT2D eigenvalue weighted by Crippen LogP contribution is -1.97. The van der Waals surface area contributed by atoms with E-state index in [-0.39, 0.29) is 31.9 Å². The SMILES string of the molecule is Nc1ccc2cc(S(=O)(=O)O)cc(O)c2c1.Nc1ccc2cc(S(=O)(=O)O)cc(O)c2c1.Nc1ccc2cc(S(=O)(=O)O)cc(O)c2c1. The lowest BCUT2D eigenvalue weighted by Gasteiger charge is -2.04. The summed E-state index contributed by atoms with van der Waals surface area (Å²) in [6, 6.07) is 20.8. The minimum atomic E-state index is -4.32. The van der Waals surface area contributed by atoms with Gasteiger partial charge >= 0.3 is 0 Å². The Hall–Kier alpha value is -5.37. The maximum Gasteiger partial charge on any atom is 0.294 e. The maximum atomic E-state index is 10.9. The molecular weight excluding hydrogens is 691 g/mol. The van der Waals surface area contributed by atoms with E-state index < -0.39 is 30.4 Å². The van der Waals surface area contributed by atoms with Gasteiger partial charge < -0.3 is 32.5 Å². The molecule has 48 heavy (non-hydrogen) atoms. The van der Waals surface area contributed by atoms with Crippen LogP contribution in [0.4, 0.5) is 17.1 Å². The van der Waals surface area contributed by atoms with Crippen LogP contribution in [0.1, 0.15) is 0 Å². The predicted molar refractivity (Wildman–Crippen MR) is 180 cm³/mol. The monoisotopic (exact) mass is 717 g/mol. The third-order valence-electron chi connectivity index (χ3n) is 6.68. The number of phenols is 3. The average molecular weight is 718 g/mol. The van der Waals surface area contributed by atoms with E-state index in [0.717, 1.165) is 18.2 Å². The van der Waals surface area contributed by atoms with E-state index in [2.05, 4.69) is 0 Å². The molecule has 0 aliphatic carbocycles. The first-order valence-electron chi connectivity index (χ1n) is 13.1. The van der Waals surface area contributed by atoms with Crippen molar-refractivity contribution in [2.24, 2.45) is 0 Å². The Kier molecular flexibility index (Phi) is 9.63. The quantitative estimate of drug-likeness (QED) is 0.0918. The van der Waals surface area contributed by atoms with Crippen molar-refractivity contribution in [3.8, 4) is 17.2 Å². The van der Waals surface area contributed by atoms with Crippen molar-refractivity contribution in [3.05, 3.63) is 91.0 Å². The zero-order chi connectivity index (χ0) is 35.8. The number of fused-ring (bicyclic) bond motifs is 3. The molecule has 15 nitrogen and oxygen atoms in total. The van der Waals surface area contributed by atoms with E-state index in [1.807, 2.05) is 0 Å². The molecule has 0 bridgehead atoms. The summed E-state index contributed by atoms with van der Waals surface area (Å²) in [6.07, 6.45) is 0. The summed E-state index contributed by atoms with van der Waals surface area (Å²) >= 11 is 0. The summed E-state index contributed by atoms with van der Waals surface area (Å²) < 4.78 is 92.1. The molecule has 0 atom stereocenters. The summed E-state index contributed by atoms with van der Waals surface area (Å²) in [4.78, 5) is -1.04. The molecule has 0 heterocycles. The minimum absolute atomic E-state index is 0.238. The van der Waals surface area contributed by atoms with Crippen molar-refractivity contribution in [1.82, 2.24) is 0 Å². The molecule has 0 saturated carbocycles. The molecule has 0 unspecified atom stereocenters. The van der Waals surface area contributed by atoms with Crippen LogP contribution in [0.5, 0.6) is 17.2 Å². The van der Waals surface area contributed by atoms with Crippen LogP contribution >= 0.6 is 0 Å². The van der Waals surface area contributed by atoms with Crippen LogP contribution in [0.15, 0.2) is 106 Å². The third kappa shape index (κ3) is 8.31. The number of nitrogens with two attached hydrogens (primary N) is 3. The molecule has 0 amide bonds. The first-order valence-corrected chi connectivity index (χ1v) is 17.4. The highest BCUT2D eigenvalue weighted by Gasteiger charge is 2.15. The van der Waals surface area contributed by atoms with Crippen LogP contribution in [0.3, 0.4) is 0 Å². The summed E-state index contributed by atoms with van der Waals surface area (Å²) in [5.74, 6) is -0.715. The fourth-order valence-corrected chi connectivity index (χ4v) is 6.04. The Morgan fingerprint density at radius 1 is 0.375 bits per heavy atom. The van der Waals surface area contributed by atoms with E-state index in [1.165, 1.54) is 36.4 Å². The molecule has 6 rings (SSSR count). The standard InChI is InChI=1S/3C10H9NO4S/c3*11-7-2-1-6-3-8(16(13,14)15)5-10(12)9(6)4-7/h3*1-5,12H,11H2,(H,13,14,15). The molecule has 12 N–H and O–H groups in total. The van der Waals surface area contributed by atoms with E-state index >= 15 is 0 Å². The number of hydrogen-bond donors (Lipinski definition) is 9. The number of anilines is 3. The minimum Gasteiger partial charge on any atom is -0.507 e. The van der Waals surface area contributed by atoms with Crippen molar-refractivity contribution >= 4 is 79.7 Å². The Balaban J connectivity index is 0.000000163. The van der Waals surface area contributed by atoms with Crippen LogP contribution in [-0.4, -0.2) is 54.2 Å². The summed E-state index contributed by atoms with van der Waals surface area (Å²) in [7, 11) is -13.0. The van der Waals surface area contributed by atoms with Gasteiger partial charge in [0.05, 0.1) is 14.7 Å². The number of benzene rings is 6. The van der Waals surface area contributed by atoms with Crippen molar-refractivity contribution in [3.63, 3.8) is 0 Å². The van der Waals surface area contributed by atoms with Gasteiger partial charge in [-0.15, -0.1) is 0 Å². The fraction of sp³-hybridized carbons (Fsp3) is 0. The van der Waals surface area contributed by atoms with Gasteiger partial charge in [-0.25, -0.2) is 0 Å². The van der Waals surface area contributed by atoms with Crippen LogP contribution in [0, 0.1) is 0 Å². The smallest absolute Gasteiger partial charge is 0.294 e. The average Bonchev–Trinajstić information content (AvgIpc) is 2.97. The van der Waals surface area contributed by atoms with E-state index in [4.69, 9.17) is 30.9 Å². The van der Waals surface area contributed by atoms with Crippen molar-refractivity contribution in [2.75, 3.05) is 17.2 Å². The van der Waals surface area contributed by atoms with Gasteiger partial charge in [-0.3, -0.25) is 13.7 Å². The first-order chi connectivity index (χ1) is 22.1. The van der Waals surface area contributed by atoms with Gasteiger partial charge in [-0.05, 0) is 70.8 Å². The van der Waals surface area contributed by atoms with E-state index in [1.54, 1.807) is 36.4 Å². The lowest BCUT2D eigenvalue weighted by atomic mass is 10.1. The normalized spacial score (nSPS) is 11.8. The summed E-state index contributed by atoms with van der Waals surface area (Å²) in [6.45, 7) is 0. The van der Waals surface area contributed by atoms with Crippen LogP contribution in [-0.2, 0) is 30.4 Å².